The molecule has 0 unspecified atom stereocenters. The van der Waals surface area contributed by atoms with Crippen LogP contribution in [-0.2, 0) is 0 Å². The maximum atomic E-state index is 2.37. The minimum absolute atomic E-state index is 1.09. The van der Waals surface area contributed by atoms with Gasteiger partial charge in [0.1, 0.15) is 0 Å². The SMILES string of the molecule is c1ccc(-c2c(-c3ccc(N(c4ccc(-c5ccc(-c6cccc7ccccc67)cc5)cc4)c4ccc(-c5cc6ccccc6c6ccccc56)cc4)cc3)ccc3ccccc23)cc1. The lowest BCUT2D eigenvalue weighted by Crippen LogP contribution is -2.09. The number of hydrogen-bond acceptors (Lipinski definition) is 1. The fourth-order valence-corrected chi connectivity index (χ4v) is 9.87. The van der Waals surface area contributed by atoms with Crippen molar-refractivity contribution in [3.05, 3.63) is 261 Å². The second-order valence-corrected chi connectivity index (χ2v) is 16.8. The zero-order chi connectivity index (χ0) is 43.1. The van der Waals surface area contributed by atoms with Gasteiger partial charge in [-0.15, -0.1) is 0 Å². The van der Waals surface area contributed by atoms with E-state index in [1.165, 1.54) is 98.7 Å². The Hall–Kier alpha value is -8.52. The molecule has 0 heterocycles. The third kappa shape index (κ3) is 7.01. The van der Waals surface area contributed by atoms with Crippen molar-refractivity contribution < 1.29 is 0 Å². The van der Waals surface area contributed by atoms with Gasteiger partial charge >= 0.3 is 0 Å². The molecule has 0 amide bonds. The van der Waals surface area contributed by atoms with Gasteiger partial charge in [0.2, 0.25) is 0 Å². The molecule has 12 aromatic rings. The number of benzene rings is 12. The average molecular weight is 826 g/mol. The van der Waals surface area contributed by atoms with Crippen molar-refractivity contribution in [1.82, 2.24) is 0 Å². The molecule has 1 heteroatoms. The van der Waals surface area contributed by atoms with E-state index >= 15 is 0 Å². The molecule has 0 saturated carbocycles. The summed E-state index contributed by atoms with van der Waals surface area (Å²) in [5.41, 5.74) is 15.4. The van der Waals surface area contributed by atoms with Crippen LogP contribution in [0.5, 0.6) is 0 Å². The van der Waals surface area contributed by atoms with Gasteiger partial charge in [0.05, 0.1) is 0 Å². The quantitative estimate of drug-likeness (QED) is 0.138. The maximum Gasteiger partial charge on any atom is 0.0462 e. The van der Waals surface area contributed by atoms with Gasteiger partial charge in [-0.1, -0.05) is 218 Å². The summed E-state index contributed by atoms with van der Waals surface area (Å²) in [5, 5.41) is 10.1. The van der Waals surface area contributed by atoms with Crippen LogP contribution >= 0.6 is 0 Å². The minimum atomic E-state index is 1.09. The molecule has 0 saturated heterocycles. The molecule has 0 aliphatic heterocycles. The Morgan fingerprint density at radius 3 is 1.28 bits per heavy atom. The van der Waals surface area contributed by atoms with Gasteiger partial charge in [-0.05, 0) is 141 Å². The predicted octanol–water partition coefficient (Wildman–Crippen LogP) is 18.1. The van der Waals surface area contributed by atoms with Gasteiger partial charge in [-0.2, -0.15) is 0 Å². The lowest BCUT2D eigenvalue weighted by molar-refractivity contribution is 1.28. The fourth-order valence-electron chi connectivity index (χ4n) is 9.87. The number of nitrogens with zero attached hydrogens (tertiary/aromatic N) is 1. The van der Waals surface area contributed by atoms with Gasteiger partial charge in [-0.25, -0.2) is 0 Å². The van der Waals surface area contributed by atoms with E-state index < -0.39 is 0 Å². The monoisotopic (exact) mass is 825 g/mol. The van der Waals surface area contributed by atoms with Gasteiger partial charge in [0.15, 0.2) is 0 Å². The van der Waals surface area contributed by atoms with E-state index in [1.54, 1.807) is 0 Å². The molecule has 0 atom stereocenters. The molecule has 1 nitrogen and oxygen atoms in total. The Kier molecular flexibility index (Phi) is 9.58. The number of anilines is 3. The molecule has 0 N–H and O–H groups in total. The molecular formula is C64H43N. The van der Waals surface area contributed by atoms with Crippen molar-refractivity contribution >= 4 is 60.2 Å². The average Bonchev–Trinajstić information content (AvgIpc) is 3.39. The van der Waals surface area contributed by atoms with Crippen molar-refractivity contribution in [1.29, 1.82) is 0 Å². The first-order valence-electron chi connectivity index (χ1n) is 22.4. The van der Waals surface area contributed by atoms with Gasteiger partial charge in [0, 0.05) is 17.1 Å². The summed E-state index contributed by atoms with van der Waals surface area (Å²) >= 11 is 0. The third-order valence-electron chi connectivity index (χ3n) is 13.1. The van der Waals surface area contributed by atoms with Crippen LogP contribution in [-0.4, -0.2) is 0 Å². The summed E-state index contributed by atoms with van der Waals surface area (Å²) < 4.78 is 0. The number of fused-ring (bicyclic) bond motifs is 5. The second-order valence-electron chi connectivity index (χ2n) is 16.8. The van der Waals surface area contributed by atoms with Crippen LogP contribution in [0.4, 0.5) is 17.1 Å². The number of hydrogen-bond donors (Lipinski definition) is 0. The van der Waals surface area contributed by atoms with E-state index in [4.69, 9.17) is 0 Å². The molecule has 304 valence electrons. The highest BCUT2D eigenvalue weighted by Crippen LogP contribution is 2.42. The molecule has 12 rings (SSSR count). The molecule has 0 aromatic heterocycles. The molecule has 65 heavy (non-hydrogen) atoms. The first-order chi connectivity index (χ1) is 32.2. The minimum Gasteiger partial charge on any atom is -0.311 e. The van der Waals surface area contributed by atoms with Gasteiger partial charge in [-0.3, -0.25) is 0 Å². The maximum absolute atomic E-state index is 2.37. The molecule has 0 bridgehead atoms. The van der Waals surface area contributed by atoms with E-state index in [1.807, 2.05) is 0 Å². The fraction of sp³-hybridized carbons (Fsp3) is 0. The molecule has 12 aromatic carbocycles. The topological polar surface area (TPSA) is 3.24 Å². The molecule has 0 aliphatic rings. The summed E-state index contributed by atoms with van der Waals surface area (Å²) in [5.74, 6) is 0. The molecular weight excluding hydrogens is 783 g/mol. The highest BCUT2D eigenvalue weighted by molar-refractivity contribution is 6.14. The normalized spacial score (nSPS) is 11.4. The molecule has 0 fully saturated rings. The first kappa shape index (κ1) is 38.2. The van der Waals surface area contributed by atoms with E-state index in [0.717, 1.165) is 17.1 Å². The zero-order valence-corrected chi connectivity index (χ0v) is 35.8. The summed E-state index contributed by atoms with van der Waals surface area (Å²) in [7, 11) is 0. The summed E-state index contributed by atoms with van der Waals surface area (Å²) in [6.07, 6.45) is 0. The summed E-state index contributed by atoms with van der Waals surface area (Å²) in [6, 6.07) is 95.1. The van der Waals surface area contributed by atoms with E-state index in [-0.39, 0.29) is 0 Å². The number of rotatable bonds is 8. The van der Waals surface area contributed by atoms with Crippen molar-refractivity contribution in [3.8, 4) is 55.6 Å². The smallest absolute Gasteiger partial charge is 0.0462 e. The highest BCUT2D eigenvalue weighted by atomic mass is 15.1. The van der Waals surface area contributed by atoms with Crippen LogP contribution in [0, 0.1) is 0 Å². The Balaban J connectivity index is 0.932. The lowest BCUT2D eigenvalue weighted by Gasteiger charge is -2.26. The van der Waals surface area contributed by atoms with Crippen LogP contribution in [0.3, 0.4) is 0 Å². The molecule has 0 aliphatic carbocycles. The largest absolute Gasteiger partial charge is 0.311 e. The lowest BCUT2D eigenvalue weighted by atomic mass is 9.90. The predicted molar refractivity (Wildman–Crippen MR) is 278 cm³/mol. The Labute approximate surface area is 379 Å². The Bertz CT molecular complexity index is 3660. The van der Waals surface area contributed by atoms with Crippen LogP contribution < -0.4 is 4.90 Å². The summed E-state index contributed by atoms with van der Waals surface area (Å²) in [4.78, 5) is 2.37. The standard InChI is InChI=1S/C64H43N/c1-2-15-51(16-3-1)64-59-21-9-5-14-47(59)35-42-60(64)49-31-38-54(39-32-49)65(55-40-33-50(34-41-55)63-43-52-17-6-8-20-58(52)61-22-10-11-23-62(61)63)53-36-29-45(30-37-53)44-25-27-48(28-26-44)57-24-12-18-46-13-4-7-19-56(46)57/h1-43H. The Morgan fingerprint density at radius 1 is 0.200 bits per heavy atom. The molecule has 0 radical (unpaired) electrons. The molecule has 0 spiro atoms. The van der Waals surface area contributed by atoms with E-state index in [2.05, 4.69) is 266 Å². The van der Waals surface area contributed by atoms with Crippen molar-refractivity contribution in [2.75, 3.05) is 4.90 Å². The van der Waals surface area contributed by atoms with E-state index in [0.29, 0.717) is 0 Å². The first-order valence-corrected chi connectivity index (χ1v) is 22.4. The Morgan fingerprint density at radius 2 is 0.631 bits per heavy atom. The van der Waals surface area contributed by atoms with Crippen LogP contribution in [0.25, 0.3) is 98.7 Å². The van der Waals surface area contributed by atoms with Crippen molar-refractivity contribution in [2.45, 2.75) is 0 Å². The van der Waals surface area contributed by atoms with Gasteiger partial charge in [0.25, 0.3) is 0 Å². The van der Waals surface area contributed by atoms with Crippen molar-refractivity contribution in [3.63, 3.8) is 0 Å². The highest BCUT2D eigenvalue weighted by Gasteiger charge is 2.17. The zero-order valence-electron chi connectivity index (χ0n) is 35.8. The summed E-state index contributed by atoms with van der Waals surface area (Å²) in [6.45, 7) is 0. The van der Waals surface area contributed by atoms with Gasteiger partial charge < -0.3 is 4.90 Å². The second kappa shape index (κ2) is 16.3. The van der Waals surface area contributed by atoms with Crippen LogP contribution in [0.15, 0.2) is 261 Å². The van der Waals surface area contributed by atoms with Crippen LogP contribution in [0.2, 0.25) is 0 Å². The van der Waals surface area contributed by atoms with Crippen LogP contribution in [0.1, 0.15) is 0 Å². The third-order valence-corrected chi connectivity index (χ3v) is 13.1. The van der Waals surface area contributed by atoms with Crippen molar-refractivity contribution in [2.24, 2.45) is 0 Å². The van der Waals surface area contributed by atoms with E-state index in [9.17, 15) is 0 Å².